The lowest BCUT2D eigenvalue weighted by Crippen LogP contribution is -2.11. The molecule has 0 amide bonds. The Morgan fingerprint density at radius 3 is 1.47 bits per heavy atom. The van der Waals surface area contributed by atoms with Crippen LogP contribution in [-0.4, -0.2) is 0 Å². The summed E-state index contributed by atoms with van der Waals surface area (Å²) in [5.74, 6) is 0. The first-order valence-corrected chi connectivity index (χ1v) is 24.6. The first-order valence-electron chi connectivity index (χ1n) is 23.7. The third-order valence-electron chi connectivity index (χ3n) is 13.5. The van der Waals surface area contributed by atoms with E-state index in [1.807, 2.05) is 11.3 Å². The number of nitrogens with zero attached hydrogens (tertiary/aromatic N) is 2. The van der Waals surface area contributed by atoms with Crippen molar-refractivity contribution in [1.29, 1.82) is 0 Å². The van der Waals surface area contributed by atoms with E-state index < -0.39 is 0 Å². The molecule has 0 atom stereocenters. The molecule has 0 spiro atoms. The molecule has 0 N–H and O–H groups in total. The Kier molecular flexibility index (Phi) is 10.4. The summed E-state index contributed by atoms with van der Waals surface area (Å²) in [6.45, 7) is 0. The van der Waals surface area contributed by atoms with E-state index in [0.717, 1.165) is 78.3 Å². The Morgan fingerprint density at radius 1 is 0.300 bits per heavy atom. The van der Waals surface area contributed by atoms with Crippen molar-refractivity contribution in [2.45, 2.75) is 0 Å². The molecule has 0 saturated heterocycles. The van der Waals surface area contributed by atoms with Gasteiger partial charge in [0.1, 0.15) is 11.2 Å². The quantitative estimate of drug-likeness (QED) is 0.136. The highest BCUT2D eigenvalue weighted by Crippen LogP contribution is 2.49. The van der Waals surface area contributed by atoms with E-state index in [-0.39, 0.29) is 0 Å². The molecule has 3 nitrogen and oxygen atoms in total. The lowest BCUT2D eigenvalue weighted by atomic mass is 9.92. The Morgan fingerprint density at radius 2 is 0.800 bits per heavy atom. The van der Waals surface area contributed by atoms with Crippen LogP contribution in [0.2, 0.25) is 0 Å². The van der Waals surface area contributed by atoms with Gasteiger partial charge in [-0.25, -0.2) is 0 Å². The van der Waals surface area contributed by atoms with Crippen LogP contribution in [0.3, 0.4) is 0 Å². The molecule has 4 heteroatoms. The van der Waals surface area contributed by atoms with Gasteiger partial charge in [-0.05, 0) is 118 Å². The molecule has 0 bridgehead atoms. The summed E-state index contributed by atoms with van der Waals surface area (Å²) in [6, 6.07) is 95.7. The number of hydrogen-bond acceptors (Lipinski definition) is 4. The average Bonchev–Trinajstić information content (AvgIpc) is 4.02. The van der Waals surface area contributed by atoms with Crippen LogP contribution in [0.5, 0.6) is 0 Å². The number of hydrogen-bond donors (Lipinski definition) is 0. The molecular weight excluding hydrogens is 869 g/mol. The number of para-hydroxylation sites is 6. The van der Waals surface area contributed by atoms with Gasteiger partial charge in [0.05, 0.1) is 5.69 Å². The molecule has 11 aromatic carbocycles. The molecule has 0 fully saturated rings. The summed E-state index contributed by atoms with van der Waals surface area (Å²) >= 11 is 1.87. The molecule has 330 valence electrons. The molecule has 0 saturated carbocycles. The molecule has 13 rings (SSSR count). The maximum atomic E-state index is 6.89. The number of rotatable bonds is 10. The van der Waals surface area contributed by atoms with Crippen LogP contribution in [0.25, 0.3) is 86.6 Å². The average molecular weight is 913 g/mol. The standard InChI is InChI=1S/C66H44N2OS/c1-5-21-48(22-6-1)67(49-23-7-2-8-24-49)52-29-19-20-47(44-52)53-40-42-55(66-64(53)59-32-15-18-35-62(59)70-66)46-38-36-45(37-39-46)54-41-43-57(63-58-31-14-17-34-61(58)69-65(54)63)56-30-13-16-33-60(56)68(50-25-9-3-10-26-50)51-27-11-4-12-28-51/h1-44H. The molecule has 13 aromatic rings. The third kappa shape index (κ3) is 7.21. The number of anilines is 6. The van der Waals surface area contributed by atoms with Gasteiger partial charge >= 0.3 is 0 Å². The predicted octanol–water partition coefficient (Wildman–Crippen LogP) is 19.6. The van der Waals surface area contributed by atoms with Gasteiger partial charge in [-0.2, -0.15) is 0 Å². The molecule has 70 heavy (non-hydrogen) atoms. The highest BCUT2D eigenvalue weighted by atomic mass is 32.1. The van der Waals surface area contributed by atoms with Crippen molar-refractivity contribution < 1.29 is 4.42 Å². The summed E-state index contributed by atoms with van der Waals surface area (Å²) < 4.78 is 9.45. The van der Waals surface area contributed by atoms with Crippen LogP contribution in [0.15, 0.2) is 271 Å². The van der Waals surface area contributed by atoms with Crippen molar-refractivity contribution in [1.82, 2.24) is 0 Å². The number of fused-ring (bicyclic) bond motifs is 6. The first kappa shape index (κ1) is 41.2. The van der Waals surface area contributed by atoms with Crippen molar-refractivity contribution in [2.24, 2.45) is 0 Å². The normalized spacial score (nSPS) is 11.4. The summed E-state index contributed by atoms with van der Waals surface area (Å²) in [4.78, 5) is 4.68. The molecule has 2 heterocycles. The zero-order chi connectivity index (χ0) is 46.4. The zero-order valence-corrected chi connectivity index (χ0v) is 38.9. The highest BCUT2D eigenvalue weighted by Gasteiger charge is 2.23. The molecule has 0 radical (unpaired) electrons. The van der Waals surface area contributed by atoms with Crippen molar-refractivity contribution in [3.63, 3.8) is 0 Å². The van der Waals surface area contributed by atoms with Crippen LogP contribution in [0, 0.1) is 0 Å². The molecular formula is C66H44N2OS. The van der Waals surface area contributed by atoms with Gasteiger partial charge in [0.15, 0.2) is 0 Å². The van der Waals surface area contributed by atoms with E-state index in [4.69, 9.17) is 4.42 Å². The lowest BCUT2D eigenvalue weighted by Gasteiger charge is -2.28. The van der Waals surface area contributed by atoms with E-state index in [1.54, 1.807) is 0 Å². The van der Waals surface area contributed by atoms with E-state index in [0.29, 0.717) is 0 Å². The monoisotopic (exact) mass is 912 g/mol. The van der Waals surface area contributed by atoms with Crippen molar-refractivity contribution in [3.8, 4) is 44.5 Å². The van der Waals surface area contributed by atoms with Gasteiger partial charge in [0.25, 0.3) is 0 Å². The predicted molar refractivity (Wildman–Crippen MR) is 298 cm³/mol. The maximum Gasteiger partial charge on any atom is 0.143 e. The minimum atomic E-state index is 0.869. The Balaban J connectivity index is 0.916. The zero-order valence-electron chi connectivity index (χ0n) is 38.1. The smallest absolute Gasteiger partial charge is 0.143 e. The number of furan rings is 1. The molecule has 0 aliphatic heterocycles. The fraction of sp³-hybridized carbons (Fsp3) is 0. The Hall–Kier alpha value is -8.96. The summed E-state index contributed by atoms with van der Waals surface area (Å²) in [5.41, 5.74) is 17.6. The minimum absolute atomic E-state index is 0.869. The highest BCUT2D eigenvalue weighted by molar-refractivity contribution is 7.26. The summed E-state index contributed by atoms with van der Waals surface area (Å²) in [6.07, 6.45) is 0. The summed E-state index contributed by atoms with van der Waals surface area (Å²) in [5, 5.41) is 4.75. The van der Waals surface area contributed by atoms with Gasteiger partial charge in [-0.1, -0.05) is 182 Å². The molecule has 0 unspecified atom stereocenters. The first-order chi connectivity index (χ1) is 34.7. The van der Waals surface area contributed by atoms with Crippen LogP contribution in [0.1, 0.15) is 0 Å². The van der Waals surface area contributed by atoms with Crippen LogP contribution in [-0.2, 0) is 0 Å². The van der Waals surface area contributed by atoms with Crippen molar-refractivity contribution in [3.05, 3.63) is 267 Å². The van der Waals surface area contributed by atoms with Crippen LogP contribution in [0.4, 0.5) is 34.1 Å². The van der Waals surface area contributed by atoms with Gasteiger partial charge in [0, 0.05) is 70.5 Å². The van der Waals surface area contributed by atoms with E-state index in [1.165, 1.54) is 42.4 Å². The fourth-order valence-corrected chi connectivity index (χ4v) is 11.6. The van der Waals surface area contributed by atoms with E-state index in [9.17, 15) is 0 Å². The second-order valence-corrected chi connectivity index (χ2v) is 18.6. The van der Waals surface area contributed by atoms with Gasteiger partial charge in [-0.3, -0.25) is 0 Å². The Bertz CT molecular complexity index is 3910. The fourth-order valence-electron chi connectivity index (χ4n) is 10.3. The third-order valence-corrected chi connectivity index (χ3v) is 14.7. The SMILES string of the molecule is c1ccc(N(c2ccccc2)c2cccc(-c3ccc(-c4ccc(-c5ccc(-c6ccccc6N(c6ccccc6)c6ccccc6)c6c5oc5ccccc56)cc4)c4sc5ccccc5c34)c2)cc1. The second kappa shape index (κ2) is 17.6. The lowest BCUT2D eigenvalue weighted by molar-refractivity contribution is 0.670. The maximum absolute atomic E-state index is 6.89. The second-order valence-electron chi connectivity index (χ2n) is 17.6. The van der Waals surface area contributed by atoms with Crippen LogP contribution >= 0.6 is 11.3 Å². The molecule has 2 aromatic heterocycles. The van der Waals surface area contributed by atoms with Gasteiger partial charge < -0.3 is 14.2 Å². The van der Waals surface area contributed by atoms with Crippen LogP contribution < -0.4 is 9.80 Å². The minimum Gasteiger partial charge on any atom is -0.455 e. The Labute approximate surface area is 411 Å². The number of benzene rings is 11. The number of thiophene rings is 1. The van der Waals surface area contributed by atoms with Gasteiger partial charge in [-0.15, -0.1) is 11.3 Å². The molecule has 0 aliphatic carbocycles. The van der Waals surface area contributed by atoms with Crippen molar-refractivity contribution in [2.75, 3.05) is 9.80 Å². The molecule has 0 aliphatic rings. The topological polar surface area (TPSA) is 19.6 Å². The summed E-state index contributed by atoms with van der Waals surface area (Å²) in [7, 11) is 0. The van der Waals surface area contributed by atoms with Gasteiger partial charge in [0.2, 0.25) is 0 Å². The van der Waals surface area contributed by atoms with E-state index in [2.05, 4.69) is 277 Å². The van der Waals surface area contributed by atoms with E-state index >= 15 is 0 Å². The largest absolute Gasteiger partial charge is 0.455 e. The van der Waals surface area contributed by atoms with Crippen molar-refractivity contribution >= 4 is 87.6 Å².